The molecular weight excluding hydrogens is 440 g/mol. The third-order valence-electron chi connectivity index (χ3n) is 4.58. The smallest absolute Gasteiger partial charge is 0.165 e. The van der Waals surface area contributed by atoms with Gasteiger partial charge in [0.25, 0.3) is 0 Å². The zero-order chi connectivity index (χ0) is 23.6. The van der Waals surface area contributed by atoms with Crippen molar-refractivity contribution in [2.45, 2.75) is 12.4 Å². The molecule has 0 saturated heterocycles. The predicted molar refractivity (Wildman–Crippen MR) is 134 cm³/mol. The lowest BCUT2D eigenvalue weighted by Gasteiger charge is -2.14. The van der Waals surface area contributed by atoms with E-state index in [4.69, 9.17) is 10.5 Å². The molecule has 0 heterocycles. The summed E-state index contributed by atoms with van der Waals surface area (Å²) in [6.45, 7) is 4.08. The fourth-order valence-electron chi connectivity index (χ4n) is 3.10. The predicted octanol–water partition coefficient (Wildman–Crippen LogP) is 6.41. The number of rotatable bonds is 10. The fraction of sp³-hybridized carbons (Fsp3) is 0.115. The molecule has 7 heteroatoms. The molecule has 0 atom stereocenters. The second kappa shape index (κ2) is 11.9. The normalized spacial score (nSPS) is 11.8. The molecule has 0 radical (unpaired) electrons. The molecule has 0 aliphatic rings. The summed E-state index contributed by atoms with van der Waals surface area (Å²) >= 11 is 1.71. The lowest BCUT2D eigenvalue weighted by Crippen LogP contribution is -2.10. The number of aliphatic imine (C=N–C) groups is 1. The third-order valence-corrected chi connectivity index (χ3v) is 5.20. The second-order valence-electron chi connectivity index (χ2n) is 7.09. The van der Waals surface area contributed by atoms with Crippen molar-refractivity contribution in [1.29, 1.82) is 0 Å². The van der Waals surface area contributed by atoms with E-state index in [2.05, 4.69) is 16.9 Å². The minimum atomic E-state index is -0.787. The van der Waals surface area contributed by atoms with Crippen LogP contribution in [0.3, 0.4) is 0 Å². The van der Waals surface area contributed by atoms with Gasteiger partial charge in [-0.05, 0) is 41.6 Å². The van der Waals surface area contributed by atoms with Gasteiger partial charge < -0.3 is 15.8 Å². The lowest BCUT2D eigenvalue weighted by atomic mass is 10.1. The number of thioether (sulfide) groups is 1. The van der Waals surface area contributed by atoms with Gasteiger partial charge in [-0.2, -0.15) is 11.8 Å². The van der Waals surface area contributed by atoms with Crippen LogP contribution in [-0.4, -0.2) is 12.0 Å². The molecule has 3 N–H and O–H groups in total. The minimum absolute atomic E-state index is 0.113. The van der Waals surface area contributed by atoms with E-state index < -0.39 is 11.6 Å². The lowest BCUT2D eigenvalue weighted by molar-refractivity contribution is 0.304. The Morgan fingerprint density at radius 2 is 1.85 bits per heavy atom. The summed E-state index contributed by atoms with van der Waals surface area (Å²) in [7, 11) is 0. The Hall–Kier alpha value is -3.58. The average molecular weight is 466 g/mol. The summed E-state index contributed by atoms with van der Waals surface area (Å²) in [5, 5.41) is 3.07. The van der Waals surface area contributed by atoms with Gasteiger partial charge in [0, 0.05) is 29.3 Å². The van der Waals surface area contributed by atoms with Gasteiger partial charge in [0.15, 0.2) is 5.83 Å². The van der Waals surface area contributed by atoms with E-state index in [1.54, 1.807) is 11.8 Å². The molecule has 0 spiro atoms. The topological polar surface area (TPSA) is 59.6 Å². The van der Waals surface area contributed by atoms with Gasteiger partial charge in [0.05, 0.1) is 0 Å². The van der Waals surface area contributed by atoms with Crippen molar-refractivity contribution in [3.05, 3.63) is 120 Å². The molecule has 0 unspecified atom stereocenters. The zero-order valence-corrected chi connectivity index (χ0v) is 19.0. The summed E-state index contributed by atoms with van der Waals surface area (Å²) in [6, 6.07) is 21.0. The first-order valence-electron chi connectivity index (χ1n) is 10.2. The summed E-state index contributed by atoms with van der Waals surface area (Å²) < 4.78 is 34.6. The first-order chi connectivity index (χ1) is 16.0. The van der Waals surface area contributed by atoms with Crippen molar-refractivity contribution in [2.75, 3.05) is 11.6 Å². The molecule has 4 nitrogen and oxygen atoms in total. The van der Waals surface area contributed by atoms with Gasteiger partial charge in [0.2, 0.25) is 0 Å². The van der Waals surface area contributed by atoms with E-state index in [0.717, 1.165) is 28.8 Å². The molecule has 0 aliphatic carbocycles. The number of hydrogen-bond acceptors (Lipinski definition) is 5. The molecule has 33 heavy (non-hydrogen) atoms. The van der Waals surface area contributed by atoms with Gasteiger partial charge in [-0.1, -0.05) is 49.0 Å². The van der Waals surface area contributed by atoms with Crippen molar-refractivity contribution in [2.24, 2.45) is 10.7 Å². The van der Waals surface area contributed by atoms with Gasteiger partial charge >= 0.3 is 0 Å². The van der Waals surface area contributed by atoms with Crippen LogP contribution in [0, 0.1) is 5.82 Å². The van der Waals surface area contributed by atoms with E-state index in [1.807, 2.05) is 60.9 Å². The van der Waals surface area contributed by atoms with Crippen LogP contribution < -0.4 is 15.8 Å². The van der Waals surface area contributed by atoms with Crippen LogP contribution >= 0.6 is 11.8 Å². The number of anilines is 1. The highest BCUT2D eigenvalue weighted by Crippen LogP contribution is 2.26. The fourth-order valence-corrected chi connectivity index (χ4v) is 3.62. The Bertz CT molecular complexity index is 1160. The number of ether oxygens (including phenoxy) is 1. The Labute approximate surface area is 196 Å². The zero-order valence-electron chi connectivity index (χ0n) is 18.2. The SMILES string of the molecule is C=C(/N=C(\C(F)=C/N)c1ccc(F)cc1OCc1ccccc1)Nc1cccc(CSC)c1. The van der Waals surface area contributed by atoms with E-state index >= 15 is 0 Å². The van der Waals surface area contributed by atoms with Crippen LogP contribution in [0.25, 0.3) is 0 Å². The Balaban J connectivity index is 1.90. The number of nitrogens with one attached hydrogen (secondary N) is 1. The number of nitrogens with two attached hydrogens (primary N) is 1. The summed E-state index contributed by atoms with van der Waals surface area (Å²) in [5.74, 6) is -0.101. The molecule has 0 bridgehead atoms. The van der Waals surface area contributed by atoms with Crippen molar-refractivity contribution in [3.63, 3.8) is 0 Å². The van der Waals surface area contributed by atoms with E-state index in [-0.39, 0.29) is 29.5 Å². The highest BCUT2D eigenvalue weighted by Gasteiger charge is 2.17. The molecule has 0 aromatic heterocycles. The Kier molecular flexibility index (Phi) is 8.66. The summed E-state index contributed by atoms with van der Waals surface area (Å²) in [6.07, 6.45) is 2.83. The number of nitrogens with zero attached hydrogens (tertiary/aromatic N) is 1. The maximum atomic E-state index is 14.8. The largest absolute Gasteiger partial charge is 0.488 e. The average Bonchev–Trinajstić information content (AvgIpc) is 2.82. The maximum absolute atomic E-state index is 14.8. The molecule has 3 rings (SSSR count). The molecule has 0 fully saturated rings. The third kappa shape index (κ3) is 6.95. The van der Waals surface area contributed by atoms with Gasteiger partial charge in [-0.25, -0.2) is 13.8 Å². The van der Waals surface area contributed by atoms with Crippen LogP contribution in [0.5, 0.6) is 5.75 Å². The highest BCUT2D eigenvalue weighted by atomic mass is 32.2. The monoisotopic (exact) mass is 465 g/mol. The minimum Gasteiger partial charge on any atom is -0.488 e. The van der Waals surface area contributed by atoms with Gasteiger partial charge in [-0.3, -0.25) is 0 Å². The van der Waals surface area contributed by atoms with Crippen molar-refractivity contribution < 1.29 is 13.5 Å². The number of benzene rings is 3. The Morgan fingerprint density at radius 1 is 1.09 bits per heavy atom. The van der Waals surface area contributed by atoms with Crippen LogP contribution in [0.4, 0.5) is 14.5 Å². The van der Waals surface area contributed by atoms with Crippen LogP contribution in [0.15, 0.2) is 102 Å². The molecule has 3 aromatic carbocycles. The molecule has 170 valence electrons. The number of halogens is 2. The van der Waals surface area contributed by atoms with E-state index in [0.29, 0.717) is 0 Å². The van der Waals surface area contributed by atoms with Crippen LogP contribution in [-0.2, 0) is 12.4 Å². The van der Waals surface area contributed by atoms with E-state index in [9.17, 15) is 8.78 Å². The van der Waals surface area contributed by atoms with Gasteiger partial charge in [-0.15, -0.1) is 0 Å². The molecule has 3 aromatic rings. The molecular formula is C26H25F2N3OS. The first kappa shape index (κ1) is 24.1. The summed E-state index contributed by atoms with van der Waals surface area (Å²) in [5.41, 5.74) is 8.38. The quantitative estimate of drug-likeness (QED) is 0.340. The van der Waals surface area contributed by atoms with Crippen LogP contribution in [0.1, 0.15) is 16.7 Å². The van der Waals surface area contributed by atoms with Crippen molar-refractivity contribution in [1.82, 2.24) is 0 Å². The number of hydrogen-bond donors (Lipinski definition) is 2. The molecule has 0 amide bonds. The van der Waals surface area contributed by atoms with E-state index in [1.165, 1.54) is 18.2 Å². The summed E-state index contributed by atoms with van der Waals surface area (Å²) in [4.78, 5) is 4.31. The second-order valence-corrected chi connectivity index (χ2v) is 7.96. The van der Waals surface area contributed by atoms with Crippen molar-refractivity contribution >= 4 is 23.2 Å². The molecule has 0 saturated carbocycles. The van der Waals surface area contributed by atoms with Crippen LogP contribution in [0.2, 0.25) is 0 Å². The highest BCUT2D eigenvalue weighted by molar-refractivity contribution is 7.97. The standard InChI is InChI=1S/C26H25F2N3OS/c1-18(30-22-10-6-9-20(13-22)17-33-2)31-26(24(28)15-29)23-12-11-21(27)14-25(23)32-16-19-7-4-3-5-8-19/h3-15,30H,1,16-17,29H2,2H3/b24-15+,31-26-. The number of allylic oxidation sites excluding steroid dienone is 1. The molecule has 0 aliphatic heterocycles. The maximum Gasteiger partial charge on any atom is 0.165 e. The first-order valence-corrected chi connectivity index (χ1v) is 11.6. The van der Waals surface area contributed by atoms with Crippen molar-refractivity contribution in [3.8, 4) is 5.75 Å². The Morgan fingerprint density at radius 3 is 2.58 bits per heavy atom. The van der Waals surface area contributed by atoms with Gasteiger partial charge in [0.1, 0.15) is 29.7 Å².